The first-order valence-electron chi connectivity index (χ1n) is 10.3. The molecule has 0 atom stereocenters. The molecule has 0 radical (unpaired) electrons. The average molecular weight is 453 g/mol. The van der Waals surface area contributed by atoms with Crippen molar-refractivity contribution in [2.24, 2.45) is 0 Å². The molecule has 0 unspecified atom stereocenters. The Labute approximate surface area is 187 Å². The Bertz CT molecular complexity index is 859. The zero-order chi connectivity index (χ0) is 23.1. The lowest BCUT2D eigenvalue weighted by molar-refractivity contribution is 0.0950. The summed E-state index contributed by atoms with van der Waals surface area (Å²) in [5, 5.41) is 7.84. The van der Waals surface area contributed by atoms with Crippen molar-refractivity contribution in [1.82, 2.24) is 10.6 Å². The predicted molar refractivity (Wildman–Crippen MR) is 133 cm³/mol. The number of rotatable bonds is 10. The van der Waals surface area contributed by atoms with Crippen molar-refractivity contribution in [2.75, 3.05) is 13.1 Å². The molecular formula is C24H32N2O3Si2. The number of hydrogen-bond donors (Lipinski definition) is 2. The number of amides is 2. The zero-order valence-electron chi connectivity index (χ0n) is 18.8. The summed E-state index contributed by atoms with van der Waals surface area (Å²) in [6, 6.07) is 15.3. The largest absolute Gasteiger partial charge is 0.449 e. The van der Waals surface area contributed by atoms with E-state index in [4.69, 9.17) is 4.12 Å². The van der Waals surface area contributed by atoms with Crippen LogP contribution in [0.2, 0.25) is 26.2 Å². The van der Waals surface area contributed by atoms with Crippen LogP contribution >= 0.6 is 0 Å². The van der Waals surface area contributed by atoms with Crippen molar-refractivity contribution in [3.05, 3.63) is 85.0 Å². The third kappa shape index (κ3) is 6.62. The Morgan fingerprint density at radius 3 is 1.35 bits per heavy atom. The zero-order valence-corrected chi connectivity index (χ0v) is 20.8. The number of carbonyl (C=O) groups is 2. The summed E-state index contributed by atoms with van der Waals surface area (Å²) in [6.07, 6.45) is 3.31. The summed E-state index contributed by atoms with van der Waals surface area (Å²) in [5.41, 5.74) is 1.24. The minimum Gasteiger partial charge on any atom is -0.449 e. The second-order valence-corrected chi connectivity index (χ2v) is 16.3. The number of carbonyl (C=O) groups excluding carboxylic acids is 2. The summed E-state index contributed by atoms with van der Waals surface area (Å²) in [4.78, 5) is 24.2. The van der Waals surface area contributed by atoms with Gasteiger partial charge in [-0.25, -0.2) is 0 Å². The highest BCUT2D eigenvalue weighted by atomic mass is 28.4. The van der Waals surface area contributed by atoms with Crippen LogP contribution in [0.15, 0.2) is 73.8 Å². The molecule has 5 nitrogen and oxygen atoms in total. The van der Waals surface area contributed by atoms with Crippen molar-refractivity contribution < 1.29 is 13.7 Å². The molecule has 0 fully saturated rings. The lowest BCUT2D eigenvalue weighted by Crippen LogP contribution is -2.57. The molecule has 2 aromatic rings. The fourth-order valence-corrected chi connectivity index (χ4v) is 11.3. The maximum absolute atomic E-state index is 12.1. The third-order valence-corrected chi connectivity index (χ3v) is 12.5. The summed E-state index contributed by atoms with van der Waals surface area (Å²) < 4.78 is 6.78. The molecule has 0 heterocycles. The first kappa shape index (κ1) is 24.5. The van der Waals surface area contributed by atoms with Crippen molar-refractivity contribution in [3.63, 3.8) is 0 Å². The van der Waals surface area contributed by atoms with Crippen LogP contribution in [-0.2, 0) is 4.12 Å². The standard InChI is InChI=1S/C24H32N2O3Si2/c1-7-17-25-23(27)19-9-13-21(14-10-19)30(3,4)29-31(5,6)22-15-11-20(12-16-22)24(28)26-18-8-2/h7-16H,1-2,17-18H2,3-6H3,(H,25,27)(H,26,28). The normalized spacial score (nSPS) is 11.5. The van der Waals surface area contributed by atoms with Crippen LogP contribution in [0.4, 0.5) is 0 Å². The average Bonchev–Trinajstić information content (AvgIpc) is 2.75. The van der Waals surface area contributed by atoms with Gasteiger partial charge >= 0.3 is 0 Å². The predicted octanol–water partition coefficient (Wildman–Crippen LogP) is 3.06. The van der Waals surface area contributed by atoms with Gasteiger partial charge < -0.3 is 14.7 Å². The minimum atomic E-state index is -2.21. The Hall–Kier alpha value is -2.75. The fraction of sp³-hybridized carbons (Fsp3) is 0.250. The Morgan fingerprint density at radius 2 is 1.06 bits per heavy atom. The number of benzene rings is 2. The molecule has 0 saturated heterocycles. The van der Waals surface area contributed by atoms with Gasteiger partial charge in [0.1, 0.15) is 0 Å². The van der Waals surface area contributed by atoms with Gasteiger partial charge in [0, 0.05) is 24.2 Å². The van der Waals surface area contributed by atoms with Gasteiger partial charge in [-0.15, -0.1) is 13.2 Å². The van der Waals surface area contributed by atoms with Gasteiger partial charge in [0.25, 0.3) is 11.8 Å². The lowest BCUT2D eigenvalue weighted by atomic mass is 10.2. The van der Waals surface area contributed by atoms with E-state index in [0.29, 0.717) is 24.2 Å². The molecule has 7 heteroatoms. The van der Waals surface area contributed by atoms with Gasteiger partial charge in [-0.05, 0) is 60.8 Å². The van der Waals surface area contributed by atoms with Gasteiger partial charge in [-0.3, -0.25) is 9.59 Å². The van der Waals surface area contributed by atoms with E-state index in [1.807, 2.05) is 48.5 Å². The van der Waals surface area contributed by atoms with Gasteiger partial charge in [0.05, 0.1) is 0 Å². The maximum Gasteiger partial charge on any atom is 0.251 e. The Kier molecular flexibility index (Phi) is 8.32. The Balaban J connectivity index is 2.13. The molecule has 0 aliphatic heterocycles. The monoisotopic (exact) mass is 452 g/mol. The lowest BCUT2D eigenvalue weighted by Gasteiger charge is -2.34. The molecule has 164 valence electrons. The first-order chi connectivity index (χ1) is 14.6. The number of nitrogens with one attached hydrogen (secondary N) is 2. The SMILES string of the molecule is C=CCNC(=O)c1ccc([Si](C)(C)O[Si](C)(C)c2ccc(C(=O)NCC=C)cc2)cc1. The topological polar surface area (TPSA) is 67.4 Å². The fourth-order valence-electron chi connectivity index (χ4n) is 3.34. The second kappa shape index (κ2) is 10.5. The molecule has 0 spiro atoms. The molecule has 0 saturated carbocycles. The van der Waals surface area contributed by atoms with Gasteiger partial charge in [-0.2, -0.15) is 0 Å². The molecule has 2 amide bonds. The molecule has 2 aromatic carbocycles. The summed E-state index contributed by atoms with van der Waals surface area (Å²) in [6.45, 7) is 16.8. The van der Waals surface area contributed by atoms with Crippen molar-refractivity contribution >= 4 is 38.8 Å². The molecule has 2 rings (SSSR count). The summed E-state index contributed by atoms with van der Waals surface area (Å²) >= 11 is 0. The quantitative estimate of drug-likeness (QED) is 0.430. The smallest absolute Gasteiger partial charge is 0.251 e. The van der Waals surface area contributed by atoms with E-state index in [-0.39, 0.29) is 11.8 Å². The molecular weight excluding hydrogens is 420 g/mol. The van der Waals surface area contributed by atoms with E-state index in [0.717, 1.165) is 10.4 Å². The van der Waals surface area contributed by atoms with Crippen LogP contribution in [0, 0.1) is 0 Å². The van der Waals surface area contributed by atoms with E-state index < -0.39 is 16.6 Å². The van der Waals surface area contributed by atoms with Crippen LogP contribution in [0.3, 0.4) is 0 Å². The highest BCUT2D eigenvalue weighted by Crippen LogP contribution is 2.16. The van der Waals surface area contributed by atoms with Crippen molar-refractivity contribution in [3.8, 4) is 0 Å². The van der Waals surface area contributed by atoms with Crippen molar-refractivity contribution in [2.45, 2.75) is 26.2 Å². The maximum atomic E-state index is 12.1. The van der Waals surface area contributed by atoms with Crippen LogP contribution in [-0.4, -0.2) is 41.5 Å². The molecule has 0 aliphatic carbocycles. The molecule has 0 bridgehead atoms. The Morgan fingerprint density at radius 1 is 0.742 bits per heavy atom. The number of hydrogen-bond acceptors (Lipinski definition) is 3. The van der Waals surface area contributed by atoms with Gasteiger partial charge in [0.2, 0.25) is 16.6 Å². The molecule has 31 heavy (non-hydrogen) atoms. The summed E-state index contributed by atoms with van der Waals surface area (Å²) in [5.74, 6) is -0.225. The highest BCUT2D eigenvalue weighted by molar-refractivity contribution is 6.96. The molecule has 0 aliphatic rings. The van der Waals surface area contributed by atoms with Gasteiger partial charge in [0.15, 0.2) is 0 Å². The van der Waals surface area contributed by atoms with E-state index in [9.17, 15) is 9.59 Å². The van der Waals surface area contributed by atoms with Crippen LogP contribution in [0.1, 0.15) is 20.7 Å². The van der Waals surface area contributed by atoms with Gasteiger partial charge in [-0.1, -0.05) is 36.4 Å². The van der Waals surface area contributed by atoms with E-state index in [2.05, 4.69) is 50.0 Å². The first-order valence-corrected chi connectivity index (χ1v) is 16.1. The van der Waals surface area contributed by atoms with E-state index >= 15 is 0 Å². The van der Waals surface area contributed by atoms with E-state index in [1.54, 1.807) is 12.2 Å². The van der Waals surface area contributed by atoms with E-state index in [1.165, 1.54) is 0 Å². The van der Waals surface area contributed by atoms with Crippen LogP contribution in [0.5, 0.6) is 0 Å². The van der Waals surface area contributed by atoms with Crippen LogP contribution < -0.4 is 21.0 Å². The van der Waals surface area contributed by atoms with Crippen LogP contribution in [0.25, 0.3) is 0 Å². The second-order valence-electron chi connectivity index (χ2n) is 8.27. The third-order valence-electron chi connectivity index (χ3n) is 5.01. The van der Waals surface area contributed by atoms with Crippen molar-refractivity contribution in [1.29, 1.82) is 0 Å². The molecule has 2 N–H and O–H groups in total. The summed E-state index contributed by atoms with van der Waals surface area (Å²) in [7, 11) is -4.42. The molecule has 0 aromatic heterocycles. The minimum absolute atomic E-state index is 0.112. The highest BCUT2D eigenvalue weighted by Gasteiger charge is 2.36.